The Kier molecular flexibility index (Phi) is 2.19. The van der Waals surface area contributed by atoms with Crippen molar-refractivity contribution in [1.29, 1.82) is 0 Å². The van der Waals surface area contributed by atoms with E-state index >= 15 is 0 Å². The summed E-state index contributed by atoms with van der Waals surface area (Å²) in [6, 6.07) is 4.55. The van der Waals surface area contributed by atoms with Crippen LogP contribution in [0.4, 0.5) is 5.69 Å². The van der Waals surface area contributed by atoms with Crippen LogP contribution in [0.3, 0.4) is 0 Å². The maximum Gasteiger partial charge on any atom is 0.307 e. The van der Waals surface area contributed by atoms with Crippen molar-refractivity contribution in [2.24, 2.45) is 0 Å². The van der Waals surface area contributed by atoms with E-state index in [0.29, 0.717) is 5.56 Å². The molecule has 4 nitrogen and oxygen atoms in total. The molecule has 0 radical (unpaired) electrons. The summed E-state index contributed by atoms with van der Waals surface area (Å²) >= 11 is 0. The van der Waals surface area contributed by atoms with Gasteiger partial charge in [0.05, 0.1) is 12.1 Å². The zero-order chi connectivity index (χ0) is 9.14. The van der Waals surface area contributed by atoms with Gasteiger partial charge in [0, 0.05) is 0 Å². The molecule has 0 unspecified atom stereocenters. The first kappa shape index (κ1) is 8.39. The predicted octanol–water partition coefficient (Wildman–Crippen LogP) is 0.601. The third kappa shape index (κ3) is 1.66. The third-order valence-electron chi connectivity index (χ3n) is 1.52. The van der Waals surface area contributed by atoms with E-state index in [-0.39, 0.29) is 17.9 Å². The maximum atomic E-state index is 10.3. The number of aromatic hydroxyl groups is 1. The van der Waals surface area contributed by atoms with Gasteiger partial charge in [-0.2, -0.15) is 0 Å². The van der Waals surface area contributed by atoms with Gasteiger partial charge in [-0.25, -0.2) is 0 Å². The van der Waals surface area contributed by atoms with Crippen LogP contribution >= 0.6 is 0 Å². The van der Waals surface area contributed by atoms with Gasteiger partial charge in [-0.1, -0.05) is 12.1 Å². The fourth-order valence-electron chi connectivity index (χ4n) is 0.917. The summed E-state index contributed by atoms with van der Waals surface area (Å²) in [5.41, 5.74) is 5.99. The van der Waals surface area contributed by atoms with Crippen LogP contribution in [-0.2, 0) is 11.2 Å². The number of phenolic OH excluding ortho intramolecular Hbond substituents is 1. The number of phenols is 1. The molecule has 1 aromatic rings. The van der Waals surface area contributed by atoms with Gasteiger partial charge in [0.2, 0.25) is 0 Å². The summed E-state index contributed by atoms with van der Waals surface area (Å²) in [5, 5.41) is 17.5. The number of carbonyl (C=O) groups is 1. The fourth-order valence-corrected chi connectivity index (χ4v) is 0.917. The Labute approximate surface area is 69.3 Å². The van der Waals surface area contributed by atoms with Crippen molar-refractivity contribution in [3.8, 4) is 5.75 Å². The molecule has 0 bridgehead atoms. The van der Waals surface area contributed by atoms with Crippen LogP contribution in [0.1, 0.15) is 5.56 Å². The Morgan fingerprint density at radius 2 is 2.17 bits per heavy atom. The van der Waals surface area contributed by atoms with Crippen molar-refractivity contribution in [2.75, 3.05) is 5.73 Å². The van der Waals surface area contributed by atoms with Gasteiger partial charge >= 0.3 is 5.97 Å². The zero-order valence-corrected chi connectivity index (χ0v) is 6.32. The van der Waals surface area contributed by atoms with E-state index in [1.54, 1.807) is 12.1 Å². The Balaban J connectivity index is 3.00. The number of hydrogen-bond acceptors (Lipinski definition) is 3. The molecule has 1 rings (SSSR count). The number of aliphatic carboxylic acids is 1. The molecule has 64 valence electrons. The van der Waals surface area contributed by atoms with E-state index in [0.717, 1.165) is 0 Å². The minimum Gasteiger partial charge on any atom is -0.506 e. The molecule has 0 aliphatic rings. The number of carboxylic acids is 1. The second-order valence-corrected chi connectivity index (χ2v) is 2.42. The van der Waals surface area contributed by atoms with Crippen LogP contribution in [0.2, 0.25) is 0 Å². The molecule has 4 heteroatoms. The lowest BCUT2D eigenvalue weighted by Crippen LogP contribution is -2.03. The molecule has 12 heavy (non-hydrogen) atoms. The normalized spacial score (nSPS) is 9.67. The van der Waals surface area contributed by atoms with Crippen molar-refractivity contribution in [3.05, 3.63) is 23.8 Å². The van der Waals surface area contributed by atoms with Crippen molar-refractivity contribution in [3.63, 3.8) is 0 Å². The topological polar surface area (TPSA) is 83.5 Å². The summed E-state index contributed by atoms with van der Waals surface area (Å²) in [6.45, 7) is 0. The van der Waals surface area contributed by atoms with E-state index in [4.69, 9.17) is 15.9 Å². The van der Waals surface area contributed by atoms with Crippen molar-refractivity contribution in [2.45, 2.75) is 6.42 Å². The molecule has 0 heterocycles. The number of hydrogen-bond donors (Lipinski definition) is 3. The molecule has 1 aromatic carbocycles. The highest BCUT2D eigenvalue weighted by Gasteiger charge is 2.06. The molecule has 0 aliphatic heterocycles. The van der Waals surface area contributed by atoms with Crippen LogP contribution in [0.25, 0.3) is 0 Å². The minimum atomic E-state index is -0.965. The molecule has 0 aromatic heterocycles. The average molecular weight is 167 g/mol. The SMILES string of the molecule is Nc1c(O)cccc1CC(=O)O. The number of para-hydroxylation sites is 1. The van der Waals surface area contributed by atoms with E-state index in [1.807, 2.05) is 0 Å². The number of benzene rings is 1. The van der Waals surface area contributed by atoms with Gasteiger partial charge in [0.1, 0.15) is 5.75 Å². The number of rotatable bonds is 2. The Morgan fingerprint density at radius 3 is 2.75 bits per heavy atom. The second-order valence-electron chi connectivity index (χ2n) is 2.42. The van der Waals surface area contributed by atoms with Crippen LogP contribution < -0.4 is 5.73 Å². The van der Waals surface area contributed by atoms with Gasteiger partial charge in [-0.3, -0.25) is 4.79 Å². The number of anilines is 1. The first-order chi connectivity index (χ1) is 5.61. The fraction of sp³-hybridized carbons (Fsp3) is 0.125. The van der Waals surface area contributed by atoms with E-state index in [1.165, 1.54) is 6.07 Å². The monoisotopic (exact) mass is 167 g/mol. The van der Waals surface area contributed by atoms with Crippen molar-refractivity contribution in [1.82, 2.24) is 0 Å². The van der Waals surface area contributed by atoms with Crippen LogP contribution in [0, 0.1) is 0 Å². The molecule has 0 amide bonds. The smallest absolute Gasteiger partial charge is 0.307 e. The maximum absolute atomic E-state index is 10.3. The highest BCUT2D eigenvalue weighted by molar-refractivity contribution is 5.74. The molecule has 0 fully saturated rings. The largest absolute Gasteiger partial charge is 0.506 e. The third-order valence-corrected chi connectivity index (χ3v) is 1.52. The first-order valence-electron chi connectivity index (χ1n) is 3.39. The summed E-state index contributed by atoms with van der Waals surface area (Å²) < 4.78 is 0. The standard InChI is InChI=1S/C8H9NO3/c9-8-5(4-7(11)12)2-1-3-6(8)10/h1-3,10H,4,9H2,(H,11,12). The van der Waals surface area contributed by atoms with E-state index in [2.05, 4.69) is 0 Å². The number of nitrogens with two attached hydrogens (primary N) is 1. The molecule has 0 aliphatic carbocycles. The Morgan fingerprint density at radius 1 is 1.50 bits per heavy atom. The lowest BCUT2D eigenvalue weighted by atomic mass is 10.1. The highest BCUT2D eigenvalue weighted by atomic mass is 16.4. The van der Waals surface area contributed by atoms with Crippen molar-refractivity contribution < 1.29 is 15.0 Å². The van der Waals surface area contributed by atoms with Gasteiger partial charge in [0.25, 0.3) is 0 Å². The average Bonchev–Trinajstić information content (AvgIpc) is 1.98. The minimum absolute atomic E-state index is 0.0752. The molecular formula is C8H9NO3. The lowest BCUT2D eigenvalue weighted by molar-refractivity contribution is -0.136. The van der Waals surface area contributed by atoms with Gasteiger partial charge in [-0.05, 0) is 11.6 Å². The van der Waals surface area contributed by atoms with Crippen molar-refractivity contribution >= 4 is 11.7 Å². The molecular weight excluding hydrogens is 158 g/mol. The summed E-state index contributed by atoms with van der Waals surface area (Å²) in [4.78, 5) is 10.3. The number of nitrogen functional groups attached to an aromatic ring is 1. The molecule has 0 saturated carbocycles. The second kappa shape index (κ2) is 3.13. The van der Waals surface area contributed by atoms with E-state index < -0.39 is 5.97 Å². The summed E-state index contributed by atoms with van der Waals surface area (Å²) in [7, 11) is 0. The van der Waals surface area contributed by atoms with Crippen LogP contribution in [0.5, 0.6) is 5.75 Å². The molecule has 0 saturated heterocycles. The lowest BCUT2D eigenvalue weighted by Gasteiger charge is -2.03. The predicted molar refractivity (Wildman–Crippen MR) is 43.9 cm³/mol. The zero-order valence-electron chi connectivity index (χ0n) is 6.32. The van der Waals surface area contributed by atoms with Crippen LogP contribution in [0.15, 0.2) is 18.2 Å². The van der Waals surface area contributed by atoms with Crippen LogP contribution in [-0.4, -0.2) is 16.2 Å². The highest BCUT2D eigenvalue weighted by Crippen LogP contribution is 2.23. The summed E-state index contributed by atoms with van der Waals surface area (Å²) in [6.07, 6.45) is -0.166. The Bertz CT molecular complexity index is 309. The Hall–Kier alpha value is -1.71. The first-order valence-corrected chi connectivity index (χ1v) is 3.39. The van der Waals surface area contributed by atoms with Gasteiger partial charge in [-0.15, -0.1) is 0 Å². The van der Waals surface area contributed by atoms with E-state index in [9.17, 15) is 4.79 Å². The van der Waals surface area contributed by atoms with Gasteiger partial charge < -0.3 is 15.9 Å². The molecule has 4 N–H and O–H groups in total. The molecule has 0 atom stereocenters. The summed E-state index contributed by atoms with van der Waals surface area (Å²) in [5.74, 6) is -1.04. The quantitative estimate of drug-likeness (QED) is 0.445. The molecule has 0 spiro atoms. The number of carboxylic acid groups (broad SMARTS) is 1. The van der Waals surface area contributed by atoms with Gasteiger partial charge in [0.15, 0.2) is 0 Å².